The van der Waals surface area contributed by atoms with Crippen molar-refractivity contribution in [2.24, 2.45) is 0 Å². The third kappa shape index (κ3) is 2.33. The van der Waals surface area contributed by atoms with E-state index in [0.717, 1.165) is 0 Å². The molecule has 0 aliphatic rings. The van der Waals surface area contributed by atoms with Crippen LogP contribution in [-0.2, 0) is 0 Å². The van der Waals surface area contributed by atoms with E-state index in [1.807, 2.05) is 0 Å². The van der Waals surface area contributed by atoms with Crippen LogP contribution in [0.3, 0.4) is 0 Å². The number of rotatable bonds is 4. The van der Waals surface area contributed by atoms with Gasteiger partial charge in [0, 0.05) is 6.07 Å². The molecule has 0 bridgehead atoms. The van der Waals surface area contributed by atoms with Crippen molar-refractivity contribution in [2.45, 2.75) is 0 Å². The number of hydrogen-bond acceptors (Lipinski definition) is 5. The number of ether oxygens (including phenoxy) is 1. The maximum Gasteiger partial charge on any atom is 0.338 e. The average Bonchev–Trinajstić information content (AvgIpc) is 2.16. The molecule has 0 amide bonds. The SMILES string of the molecule is Nc1cnc(OCCO)cc1C(=O)O. The van der Waals surface area contributed by atoms with Crippen LogP contribution in [0.25, 0.3) is 0 Å². The molecular formula is C8H10N2O4. The van der Waals surface area contributed by atoms with E-state index in [9.17, 15) is 4.79 Å². The number of aliphatic hydroxyl groups excluding tert-OH is 1. The number of aliphatic hydroxyl groups is 1. The number of nitrogens with two attached hydrogens (primary N) is 1. The molecule has 14 heavy (non-hydrogen) atoms. The molecule has 76 valence electrons. The Morgan fingerprint density at radius 1 is 1.64 bits per heavy atom. The summed E-state index contributed by atoms with van der Waals surface area (Å²) in [6.45, 7) is -0.0928. The number of nitrogens with zero attached hydrogens (tertiary/aromatic N) is 1. The molecule has 0 atom stereocenters. The Morgan fingerprint density at radius 2 is 2.36 bits per heavy atom. The fourth-order valence-corrected chi connectivity index (χ4v) is 0.861. The van der Waals surface area contributed by atoms with Crippen LogP contribution in [0.4, 0.5) is 5.69 Å². The summed E-state index contributed by atoms with van der Waals surface area (Å²) in [7, 11) is 0. The van der Waals surface area contributed by atoms with Crippen molar-refractivity contribution >= 4 is 11.7 Å². The summed E-state index contributed by atoms with van der Waals surface area (Å²) in [6.07, 6.45) is 1.20. The number of aromatic carboxylic acids is 1. The third-order valence-electron chi connectivity index (χ3n) is 1.48. The van der Waals surface area contributed by atoms with Crippen LogP contribution < -0.4 is 10.5 Å². The first-order valence-corrected chi connectivity index (χ1v) is 3.87. The molecule has 4 N–H and O–H groups in total. The zero-order chi connectivity index (χ0) is 10.6. The summed E-state index contributed by atoms with van der Waals surface area (Å²) in [5.41, 5.74) is 5.39. The van der Waals surface area contributed by atoms with Crippen molar-refractivity contribution in [1.29, 1.82) is 0 Å². The lowest BCUT2D eigenvalue weighted by Gasteiger charge is -2.05. The highest BCUT2D eigenvalue weighted by atomic mass is 16.5. The number of anilines is 1. The van der Waals surface area contributed by atoms with E-state index in [-0.39, 0.29) is 30.3 Å². The fraction of sp³-hybridized carbons (Fsp3) is 0.250. The molecule has 0 saturated heterocycles. The van der Waals surface area contributed by atoms with Gasteiger partial charge in [0.15, 0.2) is 0 Å². The fourth-order valence-electron chi connectivity index (χ4n) is 0.861. The second-order valence-corrected chi connectivity index (χ2v) is 2.49. The Kier molecular flexibility index (Phi) is 3.24. The zero-order valence-electron chi connectivity index (χ0n) is 7.30. The van der Waals surface area contributed by atoms with Crippen LogP contribution in [0, 0.1) is 0 Å². The Balaban J connectivity index is 2.89. The number of hydrogen-bond donors (Lipinski definition) is 3. The minimum atomic E-state index is -1.14. The van der Waals surface area contributed by atoms with Crippen LogP contribution in [-0.4, -0.2) is 34.4 Å². The first-order chi connectivity index (χ1) is 6.65. The zero-order valence-corrected chi connectivity index (χ0v) is 7.30. The quantitative estimate of drug-likeness (QED) is 0.615. The van der Waals surface area contributed by atoms with Crippen LogP contribution in [0.1, 0.15) is 10.4 Å². The molecule has 6 heteroatoms. The summed E-state index contributed by atoms with van der Waals surface area (Å²) in [6, 6.07) is 1.22. The molecular weight excluding hydrogens is 188 g/mol. The van der Waals surface area contributed by atoms with Gasteiger partial charge in [-0.2, -0.15) is 0 Å². The summed E-state index contributed by atoms with van der Waals surface area (Å²) in [5.74, 6) is -1.01. The molecule has 0 saturated carbocycles. The first-order valence-electron chi connectivity index (χ1n) is 3.87. The summed E-state index contributed by atoms with van der Waals surface area (Å²) in [5, 5.41) is 17.2. The van der Waals surface area contributed by atoms with Crippen molar-refractivity contribution in [1.82, 2.24) is 4.98 Å². The van der Waals surface area contributed by atoms with Crippen LogP contribution >= 0.6 is 0 Å². The van der Waals surface area contributed by atoms with E-state index in [0.29, 0.717) is 0 Å². The van der Waals surface area contributed by atoms with Gasteiger partial charge in [0.05, 0.1) is 24.1 Å². The minimum Gasteiger partial charge on any atom is -0.478 e. The molecule has 0 radical (unpaired) electrons. The molecule has 1 heterocycles. The van der Waals surface area contributed by atoms with Crippen molar-refractivity contribution in [3.05, 3.63) is 17.8 Å². The minimum absolute atomic E-state index is 0.0621. The largest absolute Gasteiger partial charge is 0.478 e. The predicted octanol–water partition coefficient (Wildman–Crippen LogP) is -0.267. The number of pyridine rings is 1. The molecule has 0 aliphatic carbocycles. The Bertz CT molecular complexity index is 340. The lowest BCUT2D eigenvalue weighted by Crippen LogP contribution is -2.07. The summed E-state index contributed by atoms with van der Waals surface area (Å²) < 4.78 is 4.92. The summed E-state index contributed by atoms with van der Waals surface area (Å²) in [4.78, 5) is 14.4. The van der Waals surface area contributed by atoms with Gasteiger partial charge in [-0.3, -0.25) is 0 Å². The Hall–Kier alpha value is -1.82. The van der Waals surface area contributed by atoms with Gasteiger partial charge in [-0.25, -0.2) is 9.78 Å². The van der Waals surface area contributed by atoms with Crippen molar-refractivity contribution < 1.29 is 19.7 Å². The maximum absolute atomic E-state index is 10.6. The lowest BCUT2D eigenvalue weighted by atomic mass is 10.2. The van der Waals surface area contributed by atoms with Gasteiger partial charge in [0.2, 0.25) is 5.88 Å². The molecule has 0 spiro atoms. The number of carbonyl (C=O) groups is 1. The van der Waals surface area contributed by atoms with E-state index in [1.165, 1.54) is 12.3 Å². The number of nitrogen functional groups attached to an aromatic ring is 1. The number of aromatic nitrogens is 1. The van der Waals surface area contributed by atoms with Crippen LogP contribution in [0.15, 0.2) is 12.3 Å². The Morgan fingerprint density at radius 3 is 2.93 bits per heavy atom. The normalized spacial score (nSPS) is 9.79. The molecule has 0 aliphatic heterocycles. The van der Waals surface area contributed by atoms with Crippen LogP contribution in [0.5, 0.6) is 5.88 Å². The van der Waals surface area contributed by atoms with Crippen molar-refractivity contribution in [2.75, 3.05) is 18.9 Å². The molecule has 0 unspecified atom stereocenters. The van der Waals surface area contributed by atoms with Gasteiger partial charge in [-0.05, 0) is 0 Å². The van der Waals surface area contributed by atoms with Gasteiger partial charge < -0.3 is 20.7 Å². The highest BCUT2D eigenvalue weighted by molar-refractivity contribution is 5.93. The number of carboxylic acids is 1. The second kappa shape index (κ2) is 4.43. The van der Waals surface area contributed by atoms with Crippen molar-refractivity contribution in [3.8, 4) is 5.88 Å². The summed E-state index contributed by atoms with van der Waals surface area (Å²) >= 11 is 0. The van der Waals surface area contributed by atoms with Gasteiger partial charge in [-0.1, -0.05) is 0 Å². The highest BCUT2D eigenvalue weighted by Gasteiger charge is 2.09. The second-order valence-electron chi connectivity index (χ2n) is 2.49. The van der Waals surface area contributed by atoms with Gasteiger partial charge in [0.1, 0.15) is 6.61 Å². The van der Waals surface area contributed by atoms with E-state index < -0.39 is 5.97 Å². The molecule has 0 aromatic carbocycles. The average molecular weight is 198 g/mol. The molecule has 1 aromatic rings. The smallest absolute Gasteiger partial charge is 0.338 e. The first kappa shape index (κ1) is 10.3. The topological polar surface area (TPSA) is 106 Å². The molecule has 0 fully saturated rings. The highest BCUT2D eigenvalue weighted by Crippen LogP contribution is 2.16. The molecule has 1 rings (SSSR count). The standard InChI is InChI=1S/C8H10N2O4/c9-6-4-10-7(14-2-1-11)3-5(6)8(12)13/h3-4,11H,1-2,9H2,(H,12,13). The lowest BCUT2D eigenvalue weighted by molar-refractivity contribution is 0.0697. The van der Waals surface area contributed by atoms with E-state index >= 15 is 0 Å². The van der Waals surface area contributed by atoms with Gasteiger partial charge in [0.25, 0.3) is 0 Å². The van der Waals surface area contributed by atoms with Gasteiger partial charge >= 0.3 is 5.97 Å². The van der Waals surface area contributed by atoms with E-state index in [1.54, 1.807) is 0 Å². The van der Waals surface area contributed by atoms with E-state index in [2.05, 4.69) is 4.98 Å². The van der Waals surface area contributed by atoms with Crippen LogP contribution in [0.2, 0.25) is 0 Å². The number of carboxylic acid groups (broad SMARTS) is 1. The monoisotopic (exact) mass is 198 g/mol. The molecule has 1 aromatic heterocycles. The Labute approximate surface area is 79.9 Å². The maximum atomic E-state index is 10.6. The predicted molar refractivity (Wildman–Crippen MR) is 48.2 cm³/mol. The van der Waals surface area contributed by atoms with Gasteiger partial charge in [-0.15, -0.1) is 0 Å². The molecule has 6 nitrogen and oxygen atoms in total. The van der Waals surface area contributed by atoms with Crippen molar-refractivity contribution in [3.63, 3.8) is 0 Å². The third-order valence-corrected chi connectivity index (χ3v) is 1.48. The van der Waals surface area contributed by atoms with E-state index in [4.69, 9.17) is 20.7 Å².